The summed E-state index contributed by atoms with van der Waals surface area (Å²) in [7, 11) is 0. The highest BCUT2D eigenvalue weighted by Gasteiger charge is 2.23. The van der Waals surface area contributed by atoms with Crippen molar-refractivity contribution in [2.75, 3.05) is 18.0 Å². The first kappa shape index (κ1) is 16.9. The summed E-state index contributed by atoms with van der Waals surface area (Å²) in [6, 6.07) is 9.03. The van der Waals surface area contributed by atoms with Crippen LogP contribution in [0.5, 0.6) is 0 Å². The van der Waals surface area contributed by atoms with Crippen LogP contribution < -0.4 is 10.6 Å². The largest absolute Gasteiger partial charge is 0.459 e. The Bertz CT molecular complexity index is 717. The Morgan fingerprint density at radius 2 is 1.96 bits per heavy atom. The highest BCUT2D eigenvalue weighted by atomic mass is 16.6. The van der Waals surface area contributed by atoms with Crippen molar-refractivity contribution in [3.05, 3.63) is 36.5 Å². The molecule has 23 heavy (non-hydrogen) atoms. The summed E-state index contributed by atoms with van der Waals surface area (Å²) in [5.41, 5.74) is 6.22. The monoisotopic (exact) mass is 315 g/mol. The van der Waals surface area contributed by atoms with Crippen molar-refractivity contribution in [3.63, 3.8) is 0 Å². The summed E-state index contributed by atoms with van der Waals surface area (Å²) in [4.78, 5) is 30.0. The Morgan fingerprint density at radius 1 is 1.22 bits per heavy atom. The second-order valence-corrected chi connectivity index (χ2v) is 6.12. The van der Waals surface area contributed by atoms with E-state index in [0.717, 1.165) is 10.9 Å². The normalized spacial score (nSPS) is 11.3. The number of ether oxygens (including phenoxy) is 1. The molecule has 0 aliphatic heterocycles. The number of aromatic nitrogens is 1. The third-order valence-corrected chi connectivity index (χ3v) is 3.10. The molecule has 1 aromatic heterocycles. The number of carbonyl (C=O) groups excluding carboxylic acids is 2. The molecule has 0 saturated carbocycles. The standard InChI is InChI=1S/C17H21N3O3/c1-17(2,3)23-16(22)11-20(15(21)10-18)14-8-4-7-13-12(14)6-5-9-19-13/h4-9H,10-11,18H2,1-3H3. The minimum atomic E-state index is -0.616. The molecule has 1 aromatic carbocycles. The second kappa shape index (κ2) is 6.75. The number of esters is 1. The van der Waals surface area contributed by atoms with Gasteiger partial charge < -0.3 is 10.5 Å². The third kappa shape index (κ3) is 4.26. The maximum atomic E-state index is 12.2. The van der Waals surface area contributed by atoms with E-state index in [1.807, 2.05) is 12.1 Å². The van der Waals surface area contributed by atoms with Crippen LogP contribution in [0.2, 0.25) is 0 Å². The van der Waals surface area contributed by atoms with E-state index in [9.17, 15) is 9.59 Å². The Morgan fingerprint density at radius 3 is 2.61 bits per heavy atom. The Hall–Kier alpha value is -2.47. The molecule has 6 heteroatoms. The van der Waals surface area contributed by atoms with Crippen molar-refractivity contribution in [2.45, 2.75) is 26.4 Å². The molecule has 0 bridgehead atoms. The molecule has 1 amide bonds. The van der Waals surface area contributed by atoms with Crippen molar-refractivity contribution in [3.8, 4) is 0 Å². The number of carbonyl (C=O) groups is 2. The van der Waals surface area contributed by atoms with Crippen LogP contribution in [-0.2, 0) is 14.3 Å². The number of hydrogen-bond donors (Lipinski definition) is 1. The molecule has 1 heterocycles. The highest BCUT2D eigenvalue weighted by molar-refractivity contribution is 6.05. The highest BCUT2D eigenvalue weighted by Crippen LogP contribution is 2.25. The van der Waals surface area contributed by atoms with E-state index in [2.05, 4.69) is 4.98 Å². The average Bonchev–Trinajstić information content (AvgIpc) is 2.50. The van der Waals surface area contributed by atoms with Crippen LogP contribution in [0, 0.1) is 0 Å². The maximum absolute atomic E-state index is 12.2. The van der Waals surface area contributed by atoms with Gasteiger partial charge in [0, 0.05) is 11.6 Å². The van der Waals surface area contributed by atoms with Gasteiger partial charge in [0.1, 0.15) is 12.1 Å². The first-order chi connectivity index (χ1) is 10.8. The molecule has 122 valence electrons. The van der Waals surface area contributed by atoms with Crippen molar-refractivity contribution >= 4 is 28.5 Å². The van der Waals surface area contributed by atoms with Crippen molar-refractivity contribution in [2.24, 2.45) is 5.73 Å². The van der Waals surface area contributed by atoms with E-state index in [1.54, 1.807) is 45.2 Å². The summed E-state index contributed by atoms with van der Waals surface area (Å²) in [5.74, 6) is -0.840. The van der Waals surface area contributed by atoms with Crippen molar-refractivity contribution < 1.29 is 14.3 Å². The Labute approximate surface area is 135 Å². The third-order valence-electron chi connectivity index (χ3n) is 3.10. The lowest BCUT2D eigenvalue weighted by atomic mass is 10.1. The maximum Gasteiger partial charge on any atom is 0.326 e. The van der Waals surface area contributed by atoms with Gasteiger partial charge in [0.2, 0.25) is 5.91 Å². The molecule has 0 aliphatic rings. The zero-order valence-electron chi connectivity index (χ0n) is 13.6. The Kier molecular flexibility index (Phi) is 4.95. The lowest BCUT2D eigenvalue weighted by molar-refractivity contribution is -0.153. The Balaban J connectivity index is 2.38. The predicted molar refractivity (Wildman–Crippen MR) is 89.0 cm³/mol. The second-order valence-electron chi connectivity index (χ2n) is 6.12. The lowest BCUT2D eigenvalue weighted by Crippen LogP contribution is -2.42. The van der Waals surface area contributed by atoms with Crippen LogP contribution >= 0.6 is 0 Å². The van der Waals surface area contributed by atoms with Gasteiger partial charge in [-0.15, -0.1) is 0 Å². The van der Waals surface area contributed by atoms with Crippen LogP contribution in [0.4, 0.5) is 5.69 Å². The number of amides is 1. The first-order valence-electron chi connectivity index (χ1n) is 7.38. The summed E-state index contributed by atoms with van der Waals surface area (Å²) >= 11 is 0. The molecule has 0 atom stereocenters. The number of rotatable bonds is 4. The van der Waals surface area contributed by atoms with Gasteiger partial charge in [-0.3, -0.25) is 19.5 Å². The van der Waals surface area contributed by atoms with E-state index in [-0.39, 0.29) is 19.0 Å². The molecule has 0 radical (unpaired) electrons. The molecular formula is C17H21N3O3. The molecule has 2 rings (SSSR count). The molecule has 0 spiro atoms. The minimum Gasteiger partial charge on any atom is -0.459 e. The SMILES string of the molecule is CC(C)(C)OC(=O)CN(C(=O)CN)c1cccc2ncccc12. The van der Waals surface area contributed by atoms with Gasteiger partial charge in [0.25, 0.3) is 0 Å². The van der Waals surface area contributed by atoms with Crippen molar-refractivity contribution in [1.82, 2.24) is 4.98 Å². The molecular weight excluding hydrogens is 294 g/mol. The van der Waals surface area contributed by atoms with Crippen LogP contribution in [0.1, 0.15) is 20.8 Å². The van der Waals surface area contributed by atoms with Crippen LogP contribution in [0.3, 0.4) is 0 Å². The van der Waals surface area contributed by atoms with E-state index in [4.69, 9.17) is 10.5 Å². The van der Waals surface area contributed by atoms with E-state index < -0.39 is 11.6 Å². The average molecular weight is 315 g/mol. The van der Waals surface area contributed by atoms with Crippen LogP contribution in [0.25, 0.3) is 10.9 Å². The fourth-order valence-electron chi connectivity index (χ4n) is 2.24. The zero-order valence-corrected chi connectivity index (χ0v) is 13.6. The van der Waals surface area contributed by atoms with E-state index >= 15 is 0 Å². The number of hydrogen-bond acceptors (Lipinski definition) is 5. The van der Waals surface area contributed by atoms with Gasteiger partial charge in [0.05, 0.1) is 17.7 Å². The minimum absolute atomic E-state index is 0.193. The van der Waals surface area contributed by atoms with Gasteiger partial charge in [-0.25, -0.2) is 0 Å². The number of anilines is 1. The lowest BCUT2D eigenvalue weighted by Gasteiger charge is -2.25. The predicted octanol–water partition coefficient (Wildman–Crippen LogP) is 1.87. The van der Waals surface area contributed by atoms with E-state index in [0.29, 0.717) is 5.69 Å². The molecule has 0 unspecified atom stereocenters. The van der Waals surface area contributed by atoms with Gasteiger partial charge >= 0.3 is 5.97 Å². The molecule has 0 fully saturated rings. The fraction of sp³-hybridized carbons (Fsp3) is 0.353. The topological polar surface area (TPSA) is 85.5 Å². The van der Waals surface area contributed by atoms with E-state index in [1.165, 1.54) is 4.90 Å². The summed E-state index contributed by atoms with van der Waals surface area (Å²) in [5, 5.41) is 0.778. The zero-order chi connectivity index (χ0) is 17.0. The van der Waals surface area contributed by atoms with Gasteiger partial charge in [0.15, 0.2) is 0 Å². The van der Waals surface area contributed by atoms with Crippen LogP contribution in [0.15, 0.2) is 36.5 Å². The number of fused-ring (bicyclic) bond motifs is 1. The number of nitrogens with two attached hydrogens (primary N) is 1. The molecule has 0 aliphatic carbocycles. The number of nitrogens with zero attached hydrogens (tertiary/aromatic N) is 2. The summed E-state index contributed by atoms with van der Waals surface area (Å²) in [6.45, 7) is 4.95. The smallest absolute Gasteiger partial charge is 0.326 e. The molecule has 2 aromatic rings. The first-order valence-corrected chi connectivity index (χ1v) is 7.38. The molecule has 2 N–H and O–H groups in total. The summed E-state index contributed by atoms with van der Waals surface area (Å²) in [6.07, 6.45) is 1.68. The molecule has 0 saturated heterocycles. The quantitative estimate of drug-likeness (QED) is 0.871. The van der Waals surface area contributed by atoms with Crippen LogP contribution in [-0.4, -0.2) is 35.6 Å². The number of benzene rings is 1. The number of pyridine rings is 1. The summed E-state index contributed by atoms with van der Waals surface area (Å²) < 4.78 is 5.31. The van der Waals surface area contributed by atoms with Gasteiger partial charge in [-0.2, -0.15) is 0 Å². The fourth-order valence-corrected chi connectivity index (χ4v) is 2.24. The van der Waals surface area contributed by atoms with Gasteiger partial charge in [-0.05, 0) is 45.0 Å². The van der Waals surface area contributed by atoms with Crippen molar-refractivity contribution in [1.29, 1.82) is 0 Å². The van der Waals surface area contributed by atoms with Gasteiger partial charge in [-0.1, -0.05) is 6.07 Å². The molecule has 6 nitrogen and oxygen atoms in total.